The van der Waals surface area contributed by atoms with Gasteiger partial charge in [0.2, 0.25) is 0 Å². The highest BCUT2D eigenvalue weighted by Gasteiger charge is 2.10. The molecule has 0 spiro atoms. The summed E-state index contributed by atoms with van der Waals surface area (Å²) in [5.74, 6) is -1.09. The van der Waals surface area contributed by atoms with Crippen molar-refractivity contribution in [3.05, 3.63) is 68.6 Å². The molecule has 0 saturated heterocycles. The lowest BCUT2D eigenvalue weighted by molar-refractivity contribution is -0.122. The van der Waals surface area contributed by atoms with E-state index in [0.29, 0.717) is 5.02 Å². The summed E-state index contributed by atoms with van der Waals surface area (Å²) in [6.07, 6.45) is 1.47. The van der Waals surface area contributed by atoms with Gasteiger partial charge in [0.15, 0.2) is 0 Å². The van der Waals surface area contributed by atoms with Crippen molar-refractivity contribution in [2.75, 3.05) is 0 Å². The molecule has 2 amide bonds. The molecule has 1 heterocycles. The van der Waals surface area contributed by atoms with Crippen LogP contribution in [0.15, 0.2) is 47.4 Å². The minimum absolute atomic E-state index is 0.207. The first kappa shape index (κ1) is 16.1. The Labute approximate surface area is 135 Å². The quantitative estimate of drug-likeness (QED) is 0.834. The van der Waals surface area contributed by atoms with Crippen LogP contribution in [0.25, 0.3) is 0 Å². The van der Waals surface area contributed by atoms with E-state index in [2.05, 4.69) is 10.9 Å². The number of hydrogen-bond acceptors (Lipinski definition) is 3. The second-order valence-electron chi connectivity index (χ2n) is 4.30. The van der Waals surface area contributed by atoms with Gasteiger partial charge < -0.3 is 4.57 Å². The molecule has 114 valence electrons. The summed E-state index contributed by atoms with van der Waals surface area (Å²) < 4.78 is 1.21. The van der Waals surface area contributed by atoms with Gasteiger partial charge in [0, 0.05) is 17.8 Å². The lowest BCUT2D eigenvalue weighted by atomic mass is 10.2. The Morgan fingerprint density at radius 1 is 1.05 bits per heavy atom. The van der Waals surface area contributed by atoms with E-state index in [1.165, 1.54) is 35.0 Å². The van der Waals surface area contributed by atoms with Crippen molar-refractivity contribution < 1.29 is 9.59 Å². The fourth-order valence-electron chi connectivity index (χ4n) is 1.62. The van der Waals surface area contributed by atoms with E-state index in [0.717, 1.165) is 0 Å². The van der Waals surface area contributed by atoms with Crippen LogP contribution in [0.1, 0.15) is 10.4 Å². The van der Waals surface area contributed by atoms with E-state index < -0.39 is 11.8 Å². The van der Waals surface area contributed by atoms with Crippen LogP contribution in [0.4, 0.5) is 0 Å². The molecule has 8 heteroatoms. The largest absolute Gasteiger partial charge is 0.306 e. The second kappa shape index (κ2) is 7.11. The Hall–Kier alpha value is -2.31. The van der Waals surface area contributed by atoms with Gasteiger partial charge in [-0.2, -0.15) is 0 Å². The van der Waals surface area contributed by atoms with Crippen molar-refractivity contribution in [3.63, 3.8) is 0 Å². The van der Waals surface area contributed by atoms with Crippen molar-refractivity contribution in [2.45, 2.75) is 6.54 Å². The van der Waals surface area contributed by atoms with Gasteiger partial charge in [0.25, 0.3) is 17.4 Å². The molecule has 1 aromatic carbocycles. The molecule has 6 nitrogen and oxygen atoms in total. The number of nitrogens with zero attached hydrogens (tertiary/aromatic N) is 1. The number of halogens is 2. The number of hydrazine groups is 1. The van der Waals surface area contributed by atoms with Gasteiger partial charge in [0.1, 0.15) is 6.54 Å². The minimum Gasteiger partial charge on any atom is -0.306 e. The SMILES string of the molecule is O=C(Cn1ccccc1=O)NNC(=O)c1ccc(Cl)c(Cl)c1. The Morgan fingerprint density at radius 2 is 1.82 bits per heavy atom. The lowest BCUT2D eigenvalue weighted by Crippen LogP contribution is -2.44. The molecule has 0 aliphatic carbocycles. The first-order chi connectivity index (χ1) is 10.5. The fraction of sp³-hybridized carbons (Fsp3) is 0.0714. The Balaban J connectivity index is 1.93. The highest BCUT2D eigenvalue weighted by Crippen LogP contribution is 2.22. The topological polar surface area (TPSA) is 80.2 Å². The smallest absolute Gasteiger partial charge is 0.269 e. The molecule has 0 bridgehead atoms. The average molecular weight is 340 g/mol. The molecule has 0 unspecified atom stereocenters. The number of amides is 2. The number of benzene rings is 1. The third-order valence-corrected chi connectivity index (χ3v) is 3.45. The van der Waals surface area contributed by atoms with E-state index in [-0.39, 0.29) is 22.7 Å². The Bertz CT molecular complexity index is 774. The summed E-state index contributed by atoms with van der Waals surface area (Å²) in [6.45, 7) is -0.207. The molecule has 0 aliphatic heterocycles. The monoisotopic (exact) mass is 339 g/mol. The molecule has 2 rings (SSSR count). The minimum atomic E-state index is -0.549. The molecule has 2 aromatic rings. The van der Waals surface area contributed by atoms with Crippen LogP contribution in [0.2, 0.25) is 10.0 Å². The van der Waals surface area contributed by atoms with Crippen molar-refractivity contribution in [2.24, 2.45) is 0 Å². The number of aromatic nitrogens is 1. The molecule has 0 saturated carbocycles. The standard InChI is InChI=1S/C14H11Cl2N3O3/c15-10-5-4-9(7-11(10)16)14(22)18-17-12(20)8-19-6-2-1-3-13(19)21/h1-7H,8H2,(H,17,20)(H,18,22). The first-order valence-corrected chi connectivity index (χ1v) is 6.92. The number of rotatable bonds is 3. The maximum Gasteiger partial charge on any atom is 0.269 e. The van der Waals surface area contributed by atoms with Crippen LogP contribution in [0, 0.1) is 0 Å². The van der Waals surface area contributed by atoms with Crippen LogP contribution in [0.5, 0.6) is 0 Å². The van der Waals surface area contributed by atoms with Gasteiger partial charge >= 0.3 is 0 Å². The molecule has 0 fully saturated rings. The van der Waals surface area contributed by atoms with Crippen LogP contribution in [0.3, 0.4) is 0 Å². The zero-order chi connectivity index (χ0) is 16.1. The number of carbonyl (C=O) groups excluding carboxylic acids is 2. The van der Waals surface area contributed by atoms with Crippen LogP contribution in [-0.2, 0) is 11.3 Å². The van der Waals surface area contributed by atoms with E-state index in [1.807, 2.05) is 0 Å². The number of nitrogens with one attached hydrogen (secondary N) is 2. The number of hydrogen-bond donors (Lipinski definition) is 2. The lowest BCUT2D eigenvalue weighted by Gasteiger charge is -2.09. The van der Waals surface area contributed by atoms with E-state index in [4.69, 9.17) is 23.2 Å². The van der Waals surface area contributed by atoms with Crippen molar-refractivity contribution >= 4 is 35.0 Å². The van der Waals surface area contributed by atoms with E-state index in [1.54, 1.807) is 12.1 Å². The summed E-state index contributed by atoms with van der Waals surface area (Å²) >= 11 is 11.6. The number of pyridine rings is 1. The molecule has 2 N–H and O–H groups in total. The molecule has 1 aromatic heterocycles. The molecule has 0 radical (unpaired) electrons. The van der Waals surface area contributed by atoms with Crippen molar-refractivity contribution in [3.8, 4) is 0 Å². The van der Waals surface area contributed by atoms with Crippen molar-refractivity contribution in [1.82, 2.24) is 15.4 Å². The molecule has 0 atom stereocenters. The maximum absolute atomic E-state index is 11.8. The summed E-state index contributed by atoms with van der Waals surface area (Å²) in [4.78, 5) is 35.0. The molecular weight excluding hydrogens is 329 g/mol. The highest BCUT2D eigenvalue weighted by molar-refractivity contribution is 6.42. The predicted octanol–water partition coefficient (Wildman–Crippen LogP) is 1.62. The maximum atomic E-state index is 11.8. The fourth-order valence-corrected chi connectivity index (χ4v) is 1.92. The van der Waals surface area contributed by atoms with Gasteiger partial charge in [-0.1, -0.05) is 29.3 Å². The van der Waals surface area contributed by atoms with Gasteiger partial charge in [-0.05, 0) is 24.3 Å². The van der Waals surface area contributed by atoms with Crippen LogP contribution >= 0.6 is 23.2 Å². The Morgan fingerprint density at radius 3 is 2.50 bits per heavy atom. The van der Waals surface area contributed by atoms with Gasteiger partial charge in [0.05, 0.1) is 10.0 Å². The van der Waals surface area contributed by atoms with Gasteiger partial charge in [-0.15, -0.1) is 0 Å². The Kier molecular flexibility index (Phi) is 5.19. The normalized spacial score (nSPS) is 10.1. The second-order valence-corrected chi connectivity index (χ2v) is 5.11. The highest BCUT2D eigenvalue weighted by atomic mass is 35.5. The van der Waals surface area contributed by atoms with Gasteiger partial charge in [-0.25, -0.2) is 0 Å². The predicted molar refractivity (Wildman–Crippen MR) is 82.8 cm³/mol. The summed E-state index contributed by atoms with van der Waals surface area (Å²) in [5, 5.41) is 0.558. The summed E-state index contributed by atoms with van der Waals surface area (Å²) in [5.41, 5.74) is 4.38. The summed E-state index contributed by atoms with van der Waals surface area (Å²) in [7, 11) is 0. The van der Waals surface area contributed by atoms with E-state index >= 15 is 0 Å². The molecule has 0 aliphatic rings. The van der Waals surface area contributed by atoms with Gasteiger partial charge in [-0.3, -0.25) is 25.2 Å². The zero-order valence-electron chi connectivity index (χ0n) is 11.2. The van der Waals surface area contributed by atoms with Crippen LogP contribution in [-0.4, -0.2) is 16.4 Å². The van der Waals surface area contributed by atoms with Crippen molar-refractivity contribution in [1.29, 1.82) is 0 Å². The zero-order valence-corrected chi connectivity index (χ0v) is 12.7. The number of carbonyl (C=O) groups is 2. The third-order valence-electron chi connectivity index (χ3n) is 2.71. The summed E-state index contributed by atoms with van der Waals surface area (Å²) in [6, 6.07) is 8.86. The average Bonchev–Trinajstić information content (AvgIpc) is 2.50. The first-order valence-electron chi connectivity index (χ1n) is 6.17. The van der Waals surface area contributed by atoms with Crippen LogP contribution < -0.4 is 16.4 Å². The van der Waals surface area contributed by atoms with E-state index in [9.17, 15) is 14.4 Å². The third kappa shape index (κ3) is 4.09. The molecule has 22 heavy (non-hydrogen) atoms. The molecular formula is C14H11Cl2N3O3.